The molecule has 0 saturated heterocycles. The number of benzene rings is 12. The predicted molar refractivity (Wildman–Crippen MR) is 272 cm³/mol. The summed E-state index contributed by atoms with van der Waals surface area (Å²) >= 11 is 0. The second-order valence-electron chi connectivity index (χ2n) is 16.7. The van der Waals surface area contributed by atoms with Crippen LogP contribution in [0, 0.1) is 0 Å². The summed E-state index contributed by atoms with van der Waals surface area (Å²) in [6, 6.07) is 86.2. The highest BCUT2D eigenvalue weighted by Crippen LogP contribution is 2.49. The first-order valence-electron chi connectivity index (χ1n) is 22.0. The van der Waals surface area contributed by atoms with Crippen LogP contribution in [0.15, 0.2) is 241 Å². The van der Waals surface area contributed by atoms with Gasteiger partial charge in [-0.05, 0) is 119 Å². The second-order valence-corrected chi connectivity index (χ2v) is 16.7. The fourth-order valence-corrected chi connectivity index (χ4v) is 10.4. The van der Waals surface area contributed by atoms with E-state index in [0.29, 0.717) is 0 Å². The maximum atomic E-state index is 6.68. The van der Waals surface area contributed by atoms with Crippen LogP contribution in [0.25, 0.3) is 109 Å². The highest BCUT2D eigenvalue weighted by molar-refractivity contribution is 6.23. The summed E-state index contributed by atoms with van der Waals surface area (Å²) in [5.41, 5.74) is 12.2. The van der Waals surface area contributed by atoms with E-state index in [1.54, 1.807) is 0 Å². The van der Waals surface area contributed by atoms with Crippen molar-refractivity contribution in [2.24, 2.45) is 0 Å². The van der Waals surface area contributed by atoms with Crippen molar-refractivity contribution in [2.45, 2.75) is 0 Å². The largest absolute Gasteiger partial charge is 0.455 e. The van der Waals surface area contributed by atoms with Crippen molar-refractivity contribution in [2.75, 3.05) is 4.90 Å². The predicted octanol–water partition coefficient (Wildman–Crippen LogP) is 17.8. The lowest BCUT2D eigenvalue weighted by molar-refractivity contribution is 0.673. The number of hydrogen-bond acceptors (Lipinski definition) is 2. The first-order valence-corrected chi connectivity index (χ1v) is 22.0. The molecular weight excluding hydrogens is 775 g/mol. The van der Waals surface area contributed by atoms with Crippen LogP contribution in [-0.2, 0) is 0 Å². The molecule has 0 fully saturated rings. The molecule has 0 N–H and O–H groups in total. The molecule has 1 aromatic heterocycles. The van der Waals surface area contributed by atoms with E-state index in [4.69, 9.17) is 4.42 Å². The molecule has 0 unspecified atom stereocenters. The van der Waals surface area contributed by atoms with Crippen molar-refractivity contribution in [3.63, 3.8) is 0 Å². The Balaban J connectivity index is 1.11. The molecule has 13 rings (SSSR count). The molecular formula is C62H39NO. The van der Waals surface area contributed by atoms with Gasteiger partial charge in [0.25, 0.3) is 0 Å². The van der Waals surface area contributed by atoms with Crippen LogP contribution in [0.1, 0.15) is 0 Å². The quantitative estimate of drug-likeness (QED) is 0.156. The monoisotopic (exact) mass is 813 g/mol. The van der Waals surface area contributed by atoms with E-state index in [9.17, 15) is 0 Å². The summed E-state index contributed by atoms with van der Waals surface area (Å²) in [6.07, 6.45) is 0. The van der Waals surface area contributed by atoms with Crippen LogP contribution in [0.3, 0.4) is 0 Å². The zero-order valence-corrected chi connectivity index (χ0v) is 34.9. The zero-order chi connectivity index (χ0) is 42.1. The van der Waals surface area contributed by atoms with Crippen LogP contribution in [-0.4, -0.2) is 0 Å². The normalized spacial score (nSPS) is 11.8. The Bertz CT molecular complexity index is 3960. The number of rotatable bonds is 6. The zero-order valence-electron chi connectivity index (χ0n) is 34.9. The second kappa shape index (κ2) is 14.6. The Morgan fingerprint density at radius 2 is 0.844 bits per heavy atom. The fourth-order valence-electron chi connectivity index (χ4n) is 10.4. The number of fused-ring (bicyclic) bond motifs is 11. The van der Waals surface area contributed by atoms with Gasteiger partial charge in [0.2, 0.25) is 0 Å². The standard InChI is InChI=1S/C62H39NO/c1-3-18-41(19-4-1)59-54-30-14-12-28-51(54)52-36-34-46(39-56(52)60(59)42-20-5-2-6-21-42)63(57-38-44-22-8-9-25-47(44)50-27-11-13-29-53(50)57)45-24-15-23-43(37-45)48-31-16-32-58-61(48)55-35-33-40-17-7-10-26-49(40)62(55)64-58/h1-39H. The molecule has 0 atom stereocenters. The van der Waals surface area contributed by atoms with Gasteiger partial charge in [-0.3, -0.25) is 0 Å². The molecule has 0 bridgehead atoms. The van der Waals surface area contributed by atoms with E-state index in [1.165, 1.54) is 70.7 Å². The first-order chi connectivity index (χ1) is 31.8. The lowest BCUT2D eigenvalue weighted by atomic mass is 9.85. The number of furan rings is 1. The third kappa shape index (κ3) is 5.66. The molecule has 2 heteroatoms. The minimum Gasteiger partial charge on any atom is -0.455 e. The van der Waals surface area contributed by atoms with E-state index >= 15 is 0 Å². The number of nitrogens with zero attached hydrogens (tertiary/aromatic N) is 1. The summed E-state index contributed by atoms with van der Waals surface area (Å²) in [7, 11) is 0. The average Bonchev–Trinajstić information content (AvgIpc) is 3.76. The van der Waals surface area contributed by atoms with E-state index in [1.807, 2.05) is 0 Å². The molecule has 2 nitrogen and oxygen atoms in total. The van der Waals surface area contributed by atoms with Crippen molar-refractivity contribution in [1.82, 2.24) is 0 Å². The van der Waals surface area contributed by atoms with Gasteiger partial charge in [-0.1, -0.05) is 194 Å². The van der Waals surface area contributed by atoms with Gasteiger partial charge in [-0.15, -0.1) is 0 Å². The first kappa shape index (κ1) is 36.2. The Hall–Kier alpha value is -8.46. The van der Waals surface area contributed by atoms with E-state index in [2.05, 4.69) is 241 Å². The van der Waals surface area contributed by atoms with Gasteiger partial charge in [0.15, 0.2) is 0 Å². The SMILES string of the molecule is c1ccc(-c2c(-c3ccccc3)c3cc(N(c4cccc(-c5cccc6oc7c8ccccc8ccc7c56)c4)c4cc5ccccc5c5ccccc45)ccc3c3ccccc23)cc1. The topological polar surface area (TPSA) is 16.4 Å². The fraction of sp³-hybridized carbons (Fsp3) is 0. The smallest absolute Gasteiger partial charge is 0.143 e. The molecule has 298 valence electrons. The third-order valence-electron chi connectivity index (χ3n) is 13.2. The highest BCUT2D eigenvalue weighted by Gasteiger charge is 2.23. The van der Waals surface area contributed by atoms with Crippen molar-refractivity contribution in [3.8, 4) is 33.4 Å². The molecule has 0 saturated carbocycles. The Morgan fingerprint density at radius 1 is 0.297 bits per heavy atom. The van der Waals surface area contributed by atoms with Crippen LogP contribution >= 0.6 is 0 Å². The lowest BCUT2D eigenvalue weighted by Gasteiger charge is -2.29. The van der Waals surface area contributed by atoms with Gasteiger partial charge in [-0.2, -0.15) is 0 Å². The van der Waals surface area contributed by atoms with Crippen molar-refractivity contribution in [1.29, 1.82) is 0 Å². The highest BCUT2D eigenvalue weighted by atomic mass is 16.3. The van der Waals surface area contributed by atoms with Crippen LogP contribution in [0.5, 0.6) is 0 Å². The maximum absolute atomic E-state index is 6.68. The van der Waals surface area contributed by atoms with Gasteiger partial charge in [0, 0.05) is 32.9 Å². The van der Waals surface area contributed by atoms with Crippen LogP contribution < -0.4 is 4.90 Å². The van der Waals surface area contributed by atoms with Crippen LogP contribution in [0.2, 0.25) is 0 Å². The van der Waals surface area contributed by atoms with Crippen LogP contribution in [0.4, 0.5) is 17.1 Å². The molecule has 1 heterocycles. The van der Waals surface area contributed by atoms with Crippen molar-refractivity contribution in [3.05, 3.63) is 237 Å². The minimum absolute atomic E-state index is 0.885. The summed E-state index contributed by atoms with van der Waals surface area (Å²) in [5, 5.41) is 14.3. The lowest BCUT2D eigenvalue weighted by Crippen LogP contribution is -2.11. The molecule has 0 radical (unpaired) electrons. The summed E-state index contributed by atoms with van der Waals surface area (Å²) < 4.78 is 6.68. The molecule has 13 aromatic rings. The molecule has 0 aliphatic heterocycles. The van der Waals surface area contributed by atoms with Gasteiger partial charge < -0.3 is 9.32 Å². The Morgan fingerprint density at radius 3 is 1.61 bits per heavy atom. The number of anilines is 3. The van der Waals surface area contributed by atoms with Crippen molar-refractivity contribution >= 4 is 92.9 Å². The Labute approximate surface area is 370 Å². The molecule has 64 heavy (non-hydrogen) atoms. The molecule has 0 aliphatic carbocycles. The molecule has 12 aromatic carbocycles. The van der Waals surface area contributed by atoms with E-state index < -0.39 is 0 Å². The summed E-state index contributed by atoms with van der Waals surface area (Å²) in [6.45, 7) is 0. The minimum atomic E-state index is 0.885. The van der Waals surface area contributed by atoms with Crippen molar-refractivity contribution < 1.29 is 4.42 Å². The number of hydrogen-bond donors (Lipinski definition) is 0. The Kier molecular flexibility index (Phi) is 8.25. The molecule has 0 aliphatic rings. The summed E-state index contributed by atoms with van der Waals surface area (Å²) in [4.78, 5) is 2.48. The van der Waals surface area contributed by atoms with Gasteiger partial charge in [0.05, 0.1) is 5.69 Å². The molecule has 0 spiro atoms. The van der Waals surface area contributed by atoms with Gasteiger partial charge >= 0.3 is 0 Å². The summed E-state index contributed by atoms with van der Waals surface area (Å²) in [5.74, 6) is 0. The molecule has 0 amide bonds. The average molecular weight is 814 g/mol. The van der Waals surface area contributed by atoms with Gasteiger partial charge in [0.1, 0.15) is 11.2 Å². The van der Waals surface area contributed by atoms with E-state index in [0.717, 1.165) is 55.5 Å². The maximum Gasteiger partial charge on any atom is 0.143 e. The van der Waals surface area contributed by atoms with E-state index in [-0.39, 0.29) is 0 Å². The van der Waals surface area contributed by atoms with Gasteiger partial charge in [-0.25, -0.2) is 0 Å². The third-order valence-corrected chi connectivity index (χ3v) is 13.2.